The van der Waals surface area contributed by atoms with Crippen LogP contribution in [0.2, 0.25) is 0 Å². The van der Waals surface area contributed by atoms with Crippen LogP contribution in [0.5, 0.6) is 0 Å². The standard InChI is InChI=1S/C18H21FN2O2/c1-2-21-15-9-5-6-11-18(15,12-10-16(21)22)17(23)20-14-8-4-3-7-13(14)19/h3-4,7-9H,2,5-6,10-12H2,1H3,(H,20,23). The fourth-order valence-corrected chi connectivity index (χ4v) is 3.67. The highest BCUT2D eigenvalue weighted by Gasteiger charge is 2.49. The molecule has 0 aromatic heterocycles. The Bertz CT molecular complexity index is 671. The quantitative estimate of drug-likeness (QED) is 0.928. The van der Waals surface area contributed by atoms with Crippen LogP contribution in [0, 0.1) is 11.2 Å². The van der Waals surface area contributed by atoms with E-state index >= 15 is 0 Å². The average molecular weight is 316 g/mol. The van der Waals surface area contributed by atoms with Gasteiger partial charge in [-0.15, -0.1) is 0 Å². The Labute approximate surface area is 135 Å². The van der Waals surface area contributed by atoms with E-state index in [0.29, 0.717) is 25.8 Å². The lowest BCUT2D eigenvalue weighted by atomic mass is 9.69. The molecule has 1 saturated heterocycles. The summed E-state index contributed by atoms with van der Waals surface area (Å²) in [5.41, 5.74) is 0.276. The van der Waals surface area contributed by atoms with Gasteiger partial charge in [-0.25, -0.2) is 4.39 Å². The summed E-state index contributed by atoms with van der Waals surface area (Å²) in [4.78, 5) is 26.9. The summed E-state index contributed by atoms with van der Waals surface area (Å²) in [6.45, 7) is 2.47. The van der Waals surface area contributed by atoms with Crippen LogP contribution < -0.4 is 5.32 Å². The maximum absolute atomic E-state index is 13.8. The largest absolute Gasteiger partial charge is 0.323 e. The van der Waals surface area contributed by atoms with E-state index in [9.17, 15) is 14.0 Å². The van der Waals surface area contributed by atoms with E-state index in [-0.39, 0.29) is 17.5 Å². The van der Waals surface area contributed by atoms with Crippen LogP contribution in [0.3, 0.4) is 0 Å². The normalized spacial score (nSPS) is 24.0. The van der Waals surface area contributed by atoms with Crippen molar-refractivity contribution in [2.24, 2.45) is 5.41 Å². The number of benzene rings is 1. The molecule has 3 rings (SSSR count). The van der Waals surface area contributed by atoms with Crippen molar-refractivity contribution in [3.8, 4) is 0 Å². The zero-order valence-electron chi connectivity index (χ0n) is 13.3. The van der Waals surface area contributed by atoms with Crippen LogP contribution in [-0.2, 0) is 9.59 Å². The van der Waals surface area contributed by atoms with Gasteiger partial charge in [-0.05, 0) is 44.7 Å². The third kappa shape index (κ3) is 2.64. The van der Waals surface area contributed by atoms with Gasteiger partial charge in [0.2, 0.25) is 11.8 Å². The van der Waals surface area contributed by atoms with Gasteiger partial charge in [-0.2, -0.15) is 0 Å². The molecule has 1 N–H and O–H groups in total. The molecule has 1 atom stereocenters. The van der Waals surface area contributed by atoms with Crippen molar-refractivity contribution in [3.63, 3.8) is 0 Å². The van der Waals surface area contributed by atoms with Crippen LogP contribution in [0.1, 0.15) is 39.0 Å². The van der Waals surface area contributed by atoms with E-state index in [1.165, 1.54) is 6.07 Å². The predicted molar refractivity (Wildman–Crippen MR) is 86.0 cm³/mol. The molecular weight excluding hydrogens is 295 g/mol. The van der Waals surface area contributed by atoms with Crippen molar-refractivity contribution in [1.82, 2.24) is 4.90 Å². The van der Waals surface area contributed by atoms with Crippen molar-refractivity contribution in [2.45, 2.75) is 39.0 Å². The molecule has 4 nitrogen and oxygen atoms in total. The first-order valence-corrected chi connectivity index (χ1v) is 8.15. The number of amides is 2. The SMILES string of the molecule is CCN1C(=O)CCC2(C(=O)Nc3ccccc3F)CCCC=C12. The van der Waals surface area contributed by atoms with E-state index < -0.39 is 11.2 Å². The maximum atomic E-state index is 13.8. The zero-order chi connectivity index (χ0) is 16.4. The van der Waals surface area contributed by atoms with Crippen LogP contribution in [0.4, 0.5) is 10.1 Å². The summed E-state index contributed by atoms with van der Waals surface area (Å²) in [6.07, 6.45) is 5.33. The number of para-hydroxylation sites is 1. The minimum atomic E-state index is -0.718. The Morgan fingerprint density at radius 1 is 1.35 bits per heavy atom. The molecule has 5 heteroatoms. The molecule has 1 heterocycles. The highest BCUT2D eigenvalue weighted by atomic mass is 19.1. The van der Waals surface area contributed by atoms with Gasteiger partial charge in [0.25, 0.3) is 0 Å². The third-order valence-corrected chi connectivity index (χ3v) is 4.87. The summed E-state index contributed by atoms with van der Waals surface area (Å²) in [5, 5.41) is 2.74. The van der Waals surface area contributed by atoms with E-state index in [0.717, 1.165) is 18.5 Å². The highest BCUT2D eigenvalue weighted by molar-refractivity contribution is 5.99. The number of hydrogen-bond acceptors (Lipinski definition) is 2. The lowest BCUT2D eigenvalue weighted by Crippen LogP contribution is -2.51. The Kier molecular flexibility index (Phi) is 4.20. The van der Waals surface area contributed by atoms with Crippen LogP contribution in [0.25, 0.3) is 0 Å². The molecule has 23 heavy (non-hydrogen) atoms. The number of allylic oxidation sites excluding steroid dienone is 1. The first-order valence-electron chi connectivity index (χ1n) is 8.15. The first kappa shape index (κ1) is 15.7. The first-order chi connectivity index (χ1) is 11.1. The molecule has 2 amide bonds. The number of carbonyl (C=O) groups excluding carboxylic acids is 2. The van der Waals surface area contributed by atoms with E-state index in [2.05, 4.69) is 5.32 Å². The summed E-state index contributed by atoms with van der Waals surface area (Å²) in [6, 6.07) is 6.17. The number of piperidine rings is 1. The number of carbonyl (C=O) groups is 2. The minimum absolute atomic E-state index is 0.0648. The van der Waals surface area contributed by atoms with E-state index in [1.54, 1.807) is 23.1 Å². The lowest BCUT2D eigenvalue weighted by Gasteiger charge is -2.45. The number of halogens is 1. The fraction of sp³-hybridized carbons (Fsp3) is 0.444. The topological polar surface area (TPSA) is 49.4 Å². The summed E-state index contributed by atoms with van der Waals surface area (Å²) in [7, 11) is 0. The van der Waals surface area contributed by atoms with Gasteiger partial charge in [0.1, 0.15) is 5.82 Å². The third-order valence-electron chi connectivity index (χ3n) is 4.87. The number of likely N-dealkylation sites (tertiary alicyclic amines) is 1. The number of nitrogens with one attached hydrogen (secondary N) is 1. The number of anilines is 1. The Balaban J connectivity index is 1.93. The van der Waals surface area contributed by atoms with E-state index in [4.69, 9.17) is 0 Å². The van der Waals surface area contributed by atoms with E-state index in [1.807, 2.05) is 13.0 Å². The van der Waals surface area contributed by atoms with Crippen LogP contribution in [-0.4, -0.2) is 23.3 Å². The fourth-order valence-electron chi connectivity index (χ4n) is 3.67. The van der Waals surface area contributed by atoms with Gasteiger partial charge in [0.05, 0.1) is 11.1 Å². The van der Waals surface area contributed by atoms with Crippen molar-refractivity contribution < 1.29 is 14.0 Å². The smallest absolute Gasteiger partial charge is 0.236 e. The average Bonchev–Trinajstić information content (AvgIpc) is 2.57. The summed E-state index contributed by atoms with van der Waals surface area (Å²) in [5.74, 6) is -0.590. The van der Waals surface area contributed by atoms with Crippen molar-refractivity contribution in [1.29, 1.82) is 0 Å². The second-order valence-electron chi connectivity index (χ2n) is 6.14. The Morgan fingerprint density at radius 3 is 2.87 bits per heavy atom. The van der Waals surface area contributed by atoms with Gasteiger partial charge in [0, 0.05) is 18.7 Å². The number of rotatable bonds is 3. The number of fused-ring (bicyclic) bond motifs is 1. The Morgan fingerprint density at radius 2 is 2.13 bits per heavy atom. The molecule has 0 radical (unpaired) electrons. The monoisotopic (exact) mass is 316 g/mol. The molecule has 122 valence electrons. The van der Waals surface area contributed by atoms with Crippen molar-refractivity contribution in [2.75, 3.05) is 11.9 Å². The van der Waals surface area contributed by atoms with Gasteiger partial charge in [-0.3, -0.25) is 9.59 Å². The molecule has 0 bridgehead atoms. The predicted octanol–water partition coefficient (Wildman–Crippen LogP) is 3.46. The molecule has 0 saturated carbocycles. The minimum Gasteiger partial charge on any atom is -0.323 e. The lowest BCUT2D eigenvalue weighted by molar-refractivity contribution is -0.138. The van der Waals surface area contributed by atoms with Gasteiger partial charge < -0.3 is 10.2 Å². The molecule has 2 aliphatic rings. The summed E-state index contributed by atoms with van der Waals surface area (Å²) < 4.78 is 13.8. The van der Waals surface area contributed by atoms with Crippen molar-refractivity contribution >= 4 is 17.5 Å². The van der Waals surface area contributed by atoms with Crippen molar-refractivity contribution in [3.05, 3.63) is 41.9 Å². The summed E-state index contributed by atoms with van der Waals surface area (Å²) >= 11 is 0. The highest BCUT2D eigenvalue weighted by Crippen LogP contribution is 2.47. The number of nitrogens with zero attached hydrogens (tertiary/aromatic N) is 1. The second kappa shape index (κ2) is 6.14. The molecule has 1 aromatic rings. The van der Waals surface area contributed by atoms with Crippen LogP contribution >= 0.6 is 0 Å². The zero-order valence-corrected chi connectivity index (χ0v) is 13.3. The molecule has 1 aliphatic heterocycles. The molecular formula is C18H21FN2O2. The van der Waals surface area contributed by atoms with Crippen LogP contribution in [0.15, 0.2) is 36.0 Å². The second-order valence-corrected chi connectivity index (χ2v) is 6.14. The molecule has 1 fully saturated rings. The molecule has 1 unspecified atom stereocenters. The van der Waals surface area contributed by atoms with Gasteiger partial charge in [0.15, 0.2) is 0 Å². The molecule has 0 spiro atoms. The number of hydrogen-bond donors (Lipinski definition) is 1. The van der Waals surface area contributed by atoms with Gasteiger partial charge in [-0.1, -0.05) is 18.2 Å². The maximum Gasteiger partial charge on any atom is 0.236 e. The molecule has 1 aromatic carbocycles. The Hall–Kier alpha value is -2.17. The van der Waals surface area contributed by atoms with Gasteiger partial charge >= 0.3 is 0 Å². The molecule has 1 aliphatic carbocycles.